The normalized spacial score (nSPS) is 12.7. The first-order valence-corrected chi connectivity index (χ1v) is 27.5. The van der Waals surface area contributed by atoms with Crippen LogP contribution in [0.15, 0.2) is 12.2 Å². The van der Waals surface area contributed by atoms with E-state index in [0.717, 1.165) is 38.5 Å². The van der Waals surface area contributed by atoms with Gasteiger partial charge in [0.15, 0.2) is 0 Å². The molecule has 0 radical (unpaired) electrons. The van der Waals surface area contributed by atoms with Crippen molar-refractivity contribution < 1.29 is 24.5 Å². The molecule has 362 valence electrons. The molecule has 0 spiro atoms. The summed E-state index contributed by atoms with van der Waals surface area (Å²) in [6.07, 6.45) is 59.4. The first kappa shape index (κ1) is 59.6. The minimum Gasteiger partial charge on any atom is -0.466 e. The van der Waals surface area contributed by atoms with Gasteiger partial charge in [-0.25, -0.2) is 0 Å². The highest BCUT2D eigenvalue weighted by Crippen LogP contribution is 2.17. The molecule has 0 saturated carbocycles. The summed E-state index contributed by atoms with van der Waals surface area (Å²) in [5, 5.41) is 23.0. The Labute approximate surface area is 380 Å². The number of esters is 1. The second kappa shape index (κ2) is 51.2. The molecule has 6 heteroatoms. The molecule has 2 atom stereocenters. The molecular weight excluding hydrogens is 755 g/mol. The van der Waals surface area contributed by atoms with E-state index in [4.69, 9.17) is 4.74 Å². The molecule has 61 heavy (non-hydrogen) atoms. The molecule has 1 amide bonds. The quantitative estimate of drug-likeness (QED) is 0.0322. The molecule has 0 aromatic rings. The van der Waals surface area contributed by atoms with Crippen molar-refractivity contribution in [1.29, 1.82) is 0 Å². The van der Waals surface area contributed by atoms with Gasteiger partial charge in [0.05, 0.1) is 25.4 Å². The number of aliphatic hydroxyl groups excluding tert-OH is 2. The summed E-state index contributed by atoms with van der Waals surface area (Å²) in [5.74, 6) is -0.0628. The van der Waals surface area contributed by atoms with Gasteiger partial charge in [0, 0.05) is 12.8 Å². The molecule has 0 aliphatic carbocycles. The van der Waals surface area contributed by atoms with Crippen molar-refractivity contribution in [1.82, 2.24) is 5.32 Å². The van der Waals surface area contributed by atoms with E-state index in [1.54, 1.807) is 6.08 Å². The van der Waals surface area contributed by atoms with Crippen molar-refractivity contribution in [3.8, 4) is 0 Å². The van der Waals surface area contributed by atoms with Gasteiger partial charge in [0.2, 0.25) is 5.91 Å². The van der Waals surface area contributed by atoms with Crippen molar-refractivity contribution in [2.75, 3.05) is 13.2 Å². The Kier molecular flexibility index (Phi) is 50.1. The fourth-order valence-electron chi connectivity index (χ4n) is 8.58. The third-order valence-electron chi connectivity index (χ3n) is 12.8. The highest BCUT2D eigenvalue weighted by Gasteiger charge is 2.18. The Morgan fingerprint density at radius 3 is 1.11 bits per heavy atom. The Bertz CT molecular complexity index is 909. The van der Waals surface area contributed by atoms with Crippen molar-refractivity contribution in [2.24, 2.45) is 0 Å². The minimum atomic E-state index is -0.845. The Balaban J connectivity index is 3.40. The Morgan fingerprint density at radius 1 is 0.443 bits per heavy atom. The first-order chi connectivity index (χ1) is 30.0. The predicted molar refractivity (Wildman–Crippen MR) is 264 cm³/mol. The molecule has 0 aromatic heterocycles. The molecule has 0 heterocycles. The summed E-state index contributed by atoms with van der Waals surface area (Å²) in [5.41, 5.74) is 0. The number of amides is 1. The molecule has 0 bridgehead atoms. The molecule has 0 rings (SSSR count). The fourth-order valence-corrected chi connectivity index (χ4v) is 8.58. The average molecular weight is 862 g/mol. The monoisotopic (exact) mass is 862 g/mol. The number of aliphatic hydroxyl groups is 2. The van der Waals surface area contributed by atoms with E-state index in [-0.39, 0.29) is 18.5 Å². The van der Waals surface area contributed by atoms with Crippen LogP contribution in [0.25, 0.3) is 0 Å². The maximum Gasteiger partial charge on any atom is 0.305 e. The van der Waals surface area contributed by atoms with Gasteiger partial charge in [0.25, 0.3) is 0 Å². The lowest BCUT2D eigenvalue weighted by molar-refractivity contribution is -0.143. The third-order valence-corrected chi connectivity index (χ3v) is 12.8. The molecule has 6 nitrogen and oxygen atoms in total. The van der Waals surface area contributed by atoms with Crippen molar-refractivity contribution in [2.45, 2.75) is 315 Å². The van der Waals surface area contributed by atoms with Crippen LogP contribution in [-0.2, 0) is 14.3 Å². The van der Waals surface area contributed by atoms with Gasteiger partial charge >= 0.3 is 5.97 Å². The standard InChI is InChI=1S/C55H107NO5/c1-3-5-7-9-11-13-15-17-25-29-33-37-41-45-49-55(60)61-50-46-42-38-34-30-26-23-21-19-18-20-22-24-28-32-36-40-44-48-54(59)56-52(51-57)53(58)47-43-39-35-31-27-16-14-12-10-8-6-4-2/h43,47,52-53,57-58H,3-42,44-46,48-51H2,1-2H3,(H,56,59)/b47-43+. The van der Waals surface area contributed by atoms with Crippen LogP contribution in [0.1, 0.15) is 303 Å². The van der Waals surface area contributed by atoms with Gasteiger partial charge in [-0.05, 0) is 32.1 Å². The summed E-state index contributed by atoms with van der Waals surface area (Å²) >= 11 is 0. The summed E-state index contributed by atoms with van der Waals surface area (Å²) in [6, 6.07) is -0.628. The SMILES string of the molecule is CCCCCCCCCCCC/C=C/C(O)C(CO)NC(=O)CCCCCCCCCCCCCCCCCCCCOC(=O)CCCCCCCCCCCCCCCC. The summed E-state index contributed by atoms with van der Waals surface area (Å²) in [4.78, 5) is 24.4. The van der Waals surface area contributed by atoms with Gasteiger partial charge in [-0.2, -0.15) is 0 Å². The van der Waals surface area contributed by atoms with Crippen LogP contribution in [0.3, 0.4) is 0 Å². The van der Waals surface area contributed by atoms with E-state index in [1.165, 1.54) is 238 Å². The number of rotatable bonds is 51. The molecule has 0 saturated heterocycles. The second-order valence-corrected chi connectivity index (χ2v) is 18.9. The zero-order valence-electron chi connectivity index (χ0n) is 41.2. The summed E-state index contributed by atoms with van der Waals surface area (Å²) < 4.78 is 5.47. The lowest BCUT2D eigenvalue weighted by Crippen LogP contribution is -2.45. The van der Waals surface area contributed by atoms with Crippen LogP contribution < -0.4 is 5.32 Å². The highest BCUT2D eigenvalue weighted by atomic mass is 16.5. The van der Waals surface area contributed by atoms with Crippen molar-refractivity contribution >= 4 is 11.9 Å². The molecule has 3 N–H and O–H groups in total. The second-order valence-electron chi connectivity index (χ2n) is 18.9. The van der Waals surface area contributed by atoms with E-state index in [2.05, 4.69) is 19.2 Å². The van der Waals surface area contributed by atoms with Gasteiger partial charge in [-0.1, -0.05) is 270 Å². The van der Waals surface area contributed by atoms with E-state index in [0.29, 0.717) is 19.4 Å². The van der Waals surface area contributed by atoms with E-state index < -0.39 is 12.1 Å². The van der Waals surface area contributed by atoms with Crippen molar-refractivity contribution in [3.05, 3.63) is 12.2 Å². The topological polar surface area (TPSA) is 95.9 Å². The number of unbranched alkanes of at least 4 members (excludes halogenated alkanes) is 40. The van der Waals surface area contributed by atoms with Crippen molar-refractivity contribution in [3.63, 3.8) is 0 Å². The van der Waals surface area contributed by atoms with Crippen LogP contribution in [0, 0.1) is 0 Å². The van der Waals surface area contributed by atoms with Gasteiger partial charge in [-0.15, -0.1) is 0 Å². The Hall–Kier alpha value is -1.40. The average Bonchev–Trinajstić information content (AvgIpc) is 3.26. The number of carbonyl (C=O) groups excluding carboxylic acids is 2. The lowest BCUT2D eigenvalue weighted by atomic mass is 10.0. The largest absolute Gasteiger partial charge is 0.466 e. The maximum absolute atomic E-state index is 12.4. The fraction of sp³-hybridized carbons (Fsp3) is 0.927. The first-order valence-electron chi connectivity index (χ1n) is 27.5. The Morgan fingerprint density at radius 2 is 0.754 bits per heavy atom. The highest BCUT2D eigenvalue weighted by molar-refractivity contribution is 5.76. The van der Waals surface area contributed by atoms with Crippen LogP contribution in [-0.4, -0.2) is 47.4 Å². The maximum atomic E-state index is 12.4. The number of hydrogen-bond donors (Lipinski definition) is 3. The number of carbonyl (C=O) groups is 2. The molecule has 0 aromatic carbocycles. The lowest BCUT2D eigenvalue weighted by Gasteiger charge is -2.20. The minimum absolute atomic E-state index is 0.00887. The molecular formula is C55H107NO5. The molecule has 0 aliphatic heterocycles. The number of hydrogen-bond acceptors (Lipinski definition) is 5. The van der Waals surface area contributed by atoms with E-state index in [1.807, 2.05) is 6.08 Å². The molecule has 0 aliphatic rings. The zero-order chi connectivity index (χ0) is 44.4. The number of nitrogens with one attached hydrogen (secondary N) is 1. The summed E-state index contributed by atoms with van der Waals surface area (Å²) in [7, 11) is 0. The number of ether oxygens (including phenoxy) is 1. The van der Waals surface area contributed by atoms with Crippen LogP contribution in [0.4, 0.5) is 0 Å². The van der Waals surface area contributed by atoms with E-state index in [9.17, 15) is 19.8 Å². The van der Waals surface area contributed by atoms with Gasteiger partial charge < -0.3 is 20.3 Å². The summed E-state index contributed by atoms with van der Waals surface area (Å²) in [6.45, 7) is 4.90. The predicted octanol–water partition coefficient (Wildman–Crippen LogP) is 16.5. The number of allylic oxidation sites excluding steroid dienone is 1. The van der Waals surface area contributed by atoms with Crippen LogP contribution in [0.2, 0.25) is 0 Å². The van der Waals surface area contributed by atoms with Crippen LogP contribution >= 0.6 is 0 Å². The zero-order valence-corrected chi connectivity index (χ0v) is 41.2. The van der Waals surface area contributed by atoms with Gasteiger partial charge in [0.1, 0.15) is 0 Å². The molecule has 2 unspecified atom stereocenters. The van der Waals surface area contributed by atoms with E-state index >= 15 is 0 Å². The molecule has 0 fully saturated rings. The third kappa shape index (κ3) is 47.9. The van der Waals surface area contributed by atoms with Crippen LogP contribution in [0.5, 0.6) is 0 Å². The van der Waals surface area contributed by atoms with Gasteiger partial charge in [-0.3, -0.25) is 9.59 Å². The smallest absolute Gasteiger partial charge is 0.305 e.